The van der Waals surface area contributed by atoms with Gasteiger partial charge in [0.1, 0.15) is 18.0 Å². The van der Waals surface area contributed by atoms with Crippen molar-refractivity contribution < 1.29 is 33.6 Å². The number of aliphatic hydroxyl groups is 1. The average molecular weight is 531 g/mol. The molecule has 0 aliphatic carbocycles. The Hall–Kier alpha value is -4.08. The van der Waals surface area contributed by atoms with Gasteiger partial charge < -0.3 is 34.7 Å². The number of hydrogen-bond acceptors (Lipinski definition) is 7. The van der Waals surface area contributed by atoms with Gasteiger partial charge in [-0.1, -0.05) is 30.3 Å². The largest absolute Gasteiger partial charge is 0.487 e. The monoisotopic (exact) mass is 530 g/mol. The summed E-state index contributed by atoms with van der Waals surface area (Å²) in [5.41, 5.74) is 3.18. The van der Waals surface area contributed by atoms with E-state index < -0.39 is 6.10 Å². The maximum Gasteiger partial charge on any atom is 0.255 e. The molecule has 0 radical (unpaired) electrons. The Bertz CT molecular complexity index is 1360. The van der Waals surface area contributed by atoms with Crippen molar-refractivity contribution >= 4 is 17.5 Å². The summed E-state index contributed by atoms with van der Waals surface area (Å²) in [7, 11) is 0. The maximum absolute atomic E-state index is 12.9. The number of amides is 2. The first-order chi connectivity index (χ1) is 19.1. The molecular formula is C30H30N2O7. The SMILES string of the molecule is O=C(C[C@@H]1C[C@H]2c3cc(NC(=O)c4ccc5c(c4)OCO5)ccc3O[C@H]2[C@H](CO)O1)NCCc1ccccc1. The van der Waals surface area contributed by atoms with Crippen molar-refractivity contribution in [1.82, 2.24) is 5.32 Å². The Morgan fingerprint density at radius 1 is 0.949 bits per heavy atom. The Morgan fingerprint density at radius 2 is 1.77 bits per heavy atom. The first-order valence-electron chi connectivity index (χ1n) is 13.2. The van der Waals surface area contributed by atoms with Gasteiger partial charge in [0.25, 0.3) is 5.91 Å². The van der Waals surface area contributed by atoms with E-state index in [0.717, 1.165) is 17.5 Å². The Balaban J connectivity index is 1.10. The third-order valence-corrected chi connectivity index (χ3v) is 7.38. The smallest absolute Gasteiger partial charge is 0.255 e. The fraction of sp³-hybridized carbons (Fsp3) is 0.333. The number of carbonyl (C=O) groups excluding carboxylic acids is 2. The van der Waals surface area contributed by atoms with Crippen LogP contribution in [-0.4, -0.2) is 55.2 Å². The molecule has 3 aromatic carbocycles. The summed E-state index contributed by atoms with van der Waals surface area (Å²) in [6.07, 6.45) is 0.252. The van der Waals surface area contributed by atoms with Gasteiger partial charge in [0.15, 0.2) is 11.5 Å². The summed E-state index contributed by atoms with van der Waals surface area (Å²) in [4.78, 5) is 25.6. The van der Waals surface area contributed by atoms with E-state index in [1.807, 2.05) is 42.5 Å². The van der Waals surface area contributed by atoms with E-state index in [-0.39, 0.29) is 49.8 Å². The van der Waals surface area contributed by atoms with Crippen molar-refractivity contribution in [3.63, 3.8) is 0 Å². The summed E-state index contributed by atoms with van der Waals surface area (Å²) in [5, 5.41) is 15.9. The minimum absolute atomic E-state index is 0.0737. The quantitative estimate of drug-likeness (QED) is 0.409. The Morgan fingerprint density at radius 3 is 2.62 bits per heavy atom. The van der Waals surface area contributed by atoms with Gasteiger partial charge in [0.05, 0.1) is 19.1 Å². The minimum atomic E-state index is -0.551. The minimum Gasteiger partial charge on any atom is -0.487 e. The molecule has 3 aromatic rings. The molecule has 3 heterocycles. The van der Waals surface area contributed by atoms with Crippen LogP contribution >= 0.6 is 0 Å². The van der Waals surface area contributed by atoms with Crippen LogP contribution in [0.25, 0.3) is 0 Å². The van der Waals surface area contributed by atoms with Gasteiger partial charge in [-0.3, -0.25) is 9.59 Å². The highest BCUT2D eigenvalue weighted by Crippen LogP contribution is 2.47. The predicted molar refractivity (Wildman–Crippen MR) is 142 cm³/mol. The second kappa shape index (κ2) is 11.0. The molecular weight excluding hydrogens is 500 g/mol. The number of anilines is 1. The number of carbonyl (C=O) groups is 2. The van der Waals surface area contributed by atoms with Gasteiger partial charge >= 0.3 is 0 Å². The van der Waals surface area contributed by atoms with E-state index >= 15 is 0 Å². The van der Waals surface area contributed by atoms with Crippen molar-refractivity contribution in [2.24, 2.45) is 0 Å². The third-order valence-electron chi connectivity index (χ3n) is 7.38. The van der Waals surface area contributed by atoms with E-state index in [0.29, 0.717) is 41.5 Å². The molecule has 3 N–H and O–H groups in total. The predicted octanol–water partition coefficient (Wildman–Crippen LogP) is 3.41. The summed E-state index contributed by atoms with van der Waals surface area (Å²) in [6.45, 7) is 0.473. The number of rotatable bonds is 8. The Labute approximate surface area is 226 Å². The van der Waals surface area contributed by atoms with Crippen LogP contribution < -0.4 is 24.8 Å². The first kappa shape index (κ1) is 25.2. The van der Waals surface area contributed by atoms with Gasteiger partial charge in [0.2, 0.25) is 12.7 Å². The highest BCUT2D eigenvalue weighted by molar-refractivity contribution is 6.04. The summed E-state index contributed by atoms with van der Waals surface area (Å²) >= 11 is 0. The molecule has 6 rings (SSSR count). The summed E-state index contributed by atoms with van der Waals surface area (Å²) < 4.78 is 22.9. The summed E-state index contributed by atoms with van der Waals surface area (Å²) in [5.74, 6) is 1.42. The van der Waals surface area contributed by atoms with Crippen LogP contribution in [0.2, 0.25) is 0 Å². The zero-order chi connectivity index (χ0) is 26.8. The molecule has 9 heteroatoms. The fourth-order valence-electron chi connectivity index (χ4n) is 5.48. The van der Waals surface area contributed by atoms with Crippen molar-refractivity contribution in [2.45, 2.75) is 43.5 Å². The lowest BCUT2D eigenvalue weighted by molar-refractivity contribution is -0.142. The number of ether oxygens (including phenoxy) is 4. The number of benzene rings is 3. The zero-order valence-corrected chi connectivity index (χ0v) is 21.3. The van der Waals surface area contributed by atoms with Crippen LogP contribution in [0.5, 0.6) is 17.2 Å². The van der Waals surface area contributed by atoms with Crippen molar-refractivity contribution in [2.75, 3.05) is 25.3 Å². The second-order valence-corrected chi connectivity index (χ2v) is 9.97. The molecule has 1 saturated heterocycles. The molecule has 1 fully saturated rings. The molecule has 9 nitrogen and oxygen atoms in total. The normalized spacial score (nSPS) is 22.4. The van der Waals surface area contributed by atoms with Gasteiger partial charge in [0, 0.05) is 29.3 Å². The van der Waals surface area contributed by atoms with Gasteiger partial charge in [-0.15, -0.1) is 0 Å². The molecule has 0 saturated carbocycles. The third kappa shape index (κ3) is 5.41. The molecule has 0 unspecified atom stereocenters. The van der Waals surface area contributed by atoms with E-state index in [1.54, 1.807) is 24.3 Å². The van der Waals surface area contributed by atoms with Gasteiger partial charge in [-0.2, -0.15) is 0 Å². The lowest BCUT2D eigenvalue weighted by atomic mass is 9.84. The van der Waals surface area contributed by atoms with Crippen LogP contribution in [0.3, 0.4) is 0 Å². The summed E-state index contributed by atoms with van der Waals surface area (Å²) in [6, 6.07) is 20.6. The van der Waals surface area contributed by atoms with Crippen LogP contribution in [0.15, 0.2) is 66.7 Å². The molecule has 4 atom stereocenters. The van der Waals surface area contributed by atoms with Crippen LogP contribution in [0, 0.1) is 0 Å². The Kier molecular flexibility index (Phi) is 7.08. The number of fused-ring (bicyclic) bond motifs is 4. The van der Waals surface area contributed by atoms with E-state index in [9.17, 15) is 14.7 Å². The molecule has 202 valence electrons. The first-order valence-corrected chi connectivity index (χ1v) is 13.2. The second-order valence-electron chi connectivity index (χ2n) is 9.97. The lowest BCUT2D eigenvalue weighted by Crippen LogP contribution is -2.47. The van der Waals surface area contributed by atoms with E-state index in [1.165, 1.54) is 0 Å². The molecule has 3 aliphatic rings. The molecule has 3 aliphatic heterocycles. The van der Waals surface area contributed by atoms with Crippen LogP contribution in [-0.2, 0) is 16.0 Å². The van der Waals surface area contributed by atoms with Crippen molar-refractivity contribution in [1.29, 1.82) is 0 Å². The standard InChI is InChI=1S/C30H30N2O7/c33-16-27-29-23(14-21(38-27)15-28(34)31-11-10-18-4-2-1-3-5-18)22-13-20(7-9-24(22)39-29)32-30(35)19-6-8-25-26(12-19)37-17-36-25/h1-9,12-13,21,23,27,29,33H,10-11,14-17H2,(H,31,34)(H,32,35)/t21-,23-,27-,29+/m0/s1. The molecule has 0 spiro atoms. The van der Waals surface area contributed by atoms with Crippen molar-refractivity contribution in [3.8, 4) is 17.2 Å². The van der Waals surface area contributed by atoms with Gasteiger partial charge in [-0.25, -0.2) is 0 Å². The molecule has 2 amide bonds. The van der Waals surface area contributed by atoms with E-state index in [2.05, 4.69) is 10.6 Å². The molecule has 0 bridgehead atoms. The van der Waals surface area contributed by atoms with Crippen molar-refractivity contribution in [3.05, 3.63) is 83.4 Å². The number of hydrogen-bond donors (Lipinski definition) is 3. The van der Waals surface area contributed by atoms with E-state index in [4.69, 9.17) is 18.9 Å². The highest BCUT2D eigenvalue weighted by Gasteiger charge is 2.46. The van der Waals surface area contributed by atoms with Gasteiger partial charge in [-0.05, 0) is 54.8 Å². The maximum atomic E-state index is 12.9. The zero-order valence-electron chi connectivity index (χ0n) is 21.3. The fourth-order valence-corrected chi connectivity index (χ4v) is 5.48. The van der Waals surface area contributed by atoms with Crippen LogP contribution in [0.1, 0.15) is 40.2 Å². The highest BCUT2D eigenvalue weighted by atomic mass is 16.7. The number of nitrogens with one attached hydrogen (secondary N) is 2. The molecule has 0 aromatic heterocycles. The lowest BCUT2D eigenvalue weighted by Gasteiger charge is -2.37. The topological polar surface area (TPSA) is 115 Å². The van der Waals surface area contributed by atoms with Crippen LogP contribution in [0.4, 0.5) is 5.69 Å². The number of aliphatic hydroxyl groups excluding tert-OH is 1. The average Bonchev–Trinajstić information content (AvgIpc) is 3.57. The molecule has 39 heavy (non-hydrogen) atoms.